The Morgan fingerprint density at radius 1 is 1.61 bits per heavy atom. The lowest BCUT2D eigenvalue weighted by atomic mass is 10.2. The lowest BCUT2D eigenvalue weighted by Crippen LogP contribution is -2.31. The van der Waals surface area contributed by atoms with Crippen molar-refractivity contribution in [2.24, 2.45) is 0 Å². The van der Waals surface area contributed by atoms with Gasteiger partial charge in [-0.2, -0.15) is 0 Å². The van der Waals surface area contributed by atoms with Gasteiger partial charge in [-0.3, -0.25) is 0 Å². The summed E-state index contributed by atoms with van der Waals surface area (Å²) in [6.07, 6.45) is 1.44. The van der Waals surface area contributed by atoms with E-state index in [0.717, 1.165) is 6.54 Å². The van der Waals surface area contributed by atoms with Crippen molar-refractivity contribution in [3.8, 4) is 0 Å². The number of hydrogen-bond donors (Lipinski definition) is 3. The summed E-state index contributed by atoms with van der Waals surface area (Å²) >= 11 is 0. The van der Waals surface area contributed by atoms with Crippen LogP contribution in [0.5, 0.6) is 0 Å². The number of pyridine rings is 1. The summed E-state index contributed by atoms with van der Waals surface area (Å²) in [5.41, 5.74) is 5.99. The van der Waals surface area contributed by atoms with E-state index in [2.05, 4.69) is 29.0 Å². The quantitative estimate of drug-likeness (QED) is 0.702. The second-order valence-corrected chi connectivity index (χ2v) is 4.43. The Morgan fingerprint density at radius 3 is 2.83 bits per heavy atom. The van der Waals surface area contributed by atoms with Crippen LogP contribution in [0.3, 0.4) is 0 Å². The molecule has 0 spiro atoms. The molecule has 0 saturated heterocycles. The van der Waals surface area contributed by atoms with Crippen LogP contribution in [0.15, 0.2) is 12.3 Å². The lowest BCUT2D eigenvalue weighted by molar-refractivity contribution is 0.0698. The largest absolute Gasteiger partial charge is 0.478 e. The van der Waals surface area contributed by atoms with Crippen molar-refractivity contribution in [2.75, 3.05) is 31.2 Å². The Labute approximate surface area is 107 Å². The summed E-state index contributed by atoms with van der Waals surface area (Å²) in [6.45, 7) is 5.71. The van der Waals surface area contributed by atoms with E-state index in [0.29, 0.717) is 18.4 Å². The number of rotatable bonds is 6. The fourth-order valence-electron chi connectivity index (χ4n) is 1.41. The number of carboxylic acid groups (broad SMARTS) is 1. The molecule has 18 heavy (non-hydrogen) atoms. The lowest BCUT2D eigenvalue weighted by Gasteiger charge is -2.21. The van der Waals surface area contributed by atoms with Crippen LogP contribution in [-0.2, 0) is 0 Å². The first-order valence-electron chi connectivity index (χ1n) is 5.85. The number of aromatic nitrogens is 1. The third-order valence-electron chi connectivity index (χ3n) is 2.86. The molecule has 6 nitrogen and oxygen atoms in total. The number of anilines is 2. The van der Waals surface area contributed by atoms with Gasteiger partial charge in [0.05, 0.1) is 11.3 Å². The number of nitrogens with one attached hydrogen (secondary N) is 1. The van der Waals surface area contributed by atoms with Gasteiger partial charge in [-0.15, -0.1) is 0 Å². The van der Waals surface area contributed by atoms with Gasteiger partial charge in [0.25, 0.3) is 0 Å². The molecule has 4 N–H and O–H groups in total. The third kappa shape index (κ3) is 3.59. The van der Waals surface area contributed by atoms with E-state index in [1.54, 1.807) is 0 Å². The standard InChI is InChI=1S/C12H20N4O2/c1-8(2)16(3)7-6-15-11-10(13)9(12(17)18)4-5-14-11/h4-5,8H,6-7,13H2,1-3H3,(H,14,15)(H,17,18). The SMILES string of the molecule is CC(C)N(C)CCNc1nccc(C(=O)O)c1N. The van der Waals surface area contributed by atoms with Crippen LogP contribution in [0, 0.1) is 0 Å². The molecule has 1 aromatic heterocycles. The van der Waals surface area contributed by atoms with Crippen molar-refractivity contribution in [3.05, 3.63) is 17.8 Å². The molecule has 0 fully saturated rings. The topological polar surface area (TPSA) is 91.5 Å². The van der Waals surface area contributed by atoms with Crippen LogP contribution >= 0.6 is 0 Å². The molecule has 1 heterocycles. The maximum atomic E-state index is 10.9. The highest BCUT2D eigenvalue weighted by molar-refractivity contribution is 5.96. The Hall–Kier alpha value is -1.82. The van der Waals surface area contributed by atoms with Crippen molar-refractivity contribution in [1.29, 1.82) is 0 Å². The van der Waals surface area contributed by atoms with Gasteiger partial charge < -0.3 is 21.1 Å². The number of hydrogen-bond acceptors (Lipinski definition) is 5. The number of aromatic carboxylic acids is 1. The molecule has 0 atom stereocenters. The van der Waals surface area contributed by atoms with E-state index in [-0.39, 0.29) is 11.3 Å². The summed E-state index contributed by atoms with van der Waals surface area (Å²) < 4.78 is 0. The van der Waals surface area contributed by atoms with Gasteiger partial charge in [0.1, 0.15) is 5.82 Å². The number of carboxylic acids is 1. The molecule has 0 amide bonds. The van der Waals surface area contributed by atoms with Crippen LogP contribution in [0.2, 0.25) is 0 Å². The summed E-state index contributed by atoms with van der Waals surface area (Å²) in [5.74, 6) is -0.621. The van der Waals surface area contributed by atoms with Crippen LogP contribution in [0.4, 0.5) is 11.5 Å². The Bertz CT molecular complexity index is 421. The number of carbonyl (C=O) groups is 1. The van der Waals surface area contributed by atoms with E-state index >= 15 is 0 Å². The van der Waals surface area contributed by atoms with Crippen LogP contribution in [0.25, 0.3) is 0 Å². The zero-order valence-electron chi connectivity index (χ0n) is 11.0. The number of nitrogen functional groups attached to an aromatic ring is 1. The molecule has 0 aliphatic rings. The monoisotopic (exact) mass is 252 g/mol. The fraction of sp³-hybridized carbons (Fsp3) is 0.500. The zero-order valence-corrected chi connectivity index (χ0v) is 11.0. The van der Waals surface area contributed by atoms with Crippen molar-refractivity contribution >= 4 is 17.5 Å². The number of nitrogens with two attached hydrogens (primary N) is 1. The minimum atomic E-state index is -1.04. The van der Waals surface area contributed by atoms with Crippen molar-refractivity contribution in [3.63, 3.8) is 0 Å². The maximum absolute atomic E-state index is 10.9. The molecule has 0 bridgehead atoms. The molecular weight excluding hydrogens is 232 g/mol. The molecule has 0 unspecified atom stereocenters. The average molecular weight is 252 g/mol. The fourth-order valence-corrected chi connectivity index (χ4v) is 1.41. The van der Waals surface area contributed by atoms with E-state index in [1.807, 2.05) is 7.05 Å². The van der Waals surface area contributed by atoms with Gasteiger partial charge in [0.15, 0.2) is 0 Å². The Balaban J connectivity index is 2.63. The van der Waals surface area contributed by atoms with Crippen molar-refractivity contribution < 1.29 is 9.90 Å². The van der Waals surface area contributed by atoms with Gasteiger partial charge in [-0.25, -0.2) is 9.78 Å². The third-order valence-corrected chi connectivity index (χ3v) is 2.86. The first-order chi connectivity index (χ1) is 8.43. The summed E-state index contributed by atoms with van der Waals surface area (Å²) in [4.78, 5) is 17.1. The summed E-state index contributed by atoms with van der Waals surface area (Å²) in [7, 11) is 2.02. The summed E-state index contributed by atoms with van der Waals surface area (Å²) in [6, 6.07) is 1.85. The first kappa shape index (κ1) is 14.2. The molecule has 0 aromatic carbocycles. The van der Waals surface area contributed by atoms with E-state index in [4.69, 9.17) is 10.8 Å². The van der Waals surface area contributed by atoms with Crippen molar-refractivity contribution in [1.82, 2.24) is 9.88 Å². The predicted molar refractivity (Wildman–Crippen MR) is 71.9 cm³/mol. The molecule has 100 valence electrons. The molecule has 0 radical (unpaired) electrons. The second-order valence-electron chi connectivity index (χ2n) is 4.43. The van der Waals surface area contributed by atoms with Gasteiger partial charge in [-0.1, -0.05) is 0 Å². The van der Waals surface area contributed by atoms with Gasteiger partial charge in [-0.05, 0) is 27.0 Å². The van der Waals surface area contributed by atoms with E-state index in [1.165, 1.54) is 12.3 Å². The van der Waals surface area contributed by atoms with Crippen LogP contribution in [0.1, 0.15) is 24.2 Å². The molecule has 6 heteroatoms. The van der Waals surface area contributed by atoms with E-state index < -0.39 is 5.97 Å². The van der Waals surface area contributed by atoms with E-state index in [9.17, 15) is 4.79 Å². The molecule has 0 aliphatic carbocycles. The number of likely N-dealkylation sites (N-methyl/N-ethyl adjacent to an activating group) is 1. The van der Waals surface area contributed by atoms with Crippen LogP contribution in [-0.4, -0.2) is 47.1 Å². The van der Waals surface area contributed by atoms with Gasteiger partial charge in [0.2, 0.25) is 0 Å². The smallest absolute Gasteiger partial charge is 0.337 e. The minimum absolute atomic E-state index is 0.0738. The molecule has 0 aliphatic heterocycles. The molecular formula is C12H20N4O2. The minimum Gasteiger partial charge on any atom is -0.478 e. The molecule has 1 aromatic rings. The summed E-state index contributed by atoms with van der Waals surface area (Å²) in [5, 5.41) is 12.0. The highest BCUT2D eigenvalue weighted by atomic mass is 16.4. The highest BCUT2D eigenvalue weighted by Crippen LogP contribution is 2.19. The predicted octanol–water partition coefficient (Wildman–Crippen LogP) is 1.11. The van der Waals surface area contributed by atoms with Gasteiger partial charge in [0, 0.05) is 25.3 Å². The molecule has 1 rings (SSSR count). The number of nitrogens with zero attached hydrogens (tertiary/aromatic N) is 2. The van der Waals surface area contributed by atoms with Crippen LogP contribution < -0.4 is 11.1 Å². The average Bonchev–Trinajstić information content (AvgIpc) is 2.30. The molecule has 0 saturated carbocycles. The van der Waals surface area contributed by atoms with Gasteiger partial charge >= 0.3 is 5.97 Å². The zero-order chi connectivity index (χ0) is 13.7. The Morgan fingerprint density at radius 2 is 2.28 bits per heavy atom. The maximum Gasteiger partial charge on any atom is 0.337 e. The van der Waals surface area contributed by atoms with Crippen molar-refractivity contribution in [2.45, 2.75) is 19.9 Å². The normalized spacial score (nSPS) is 10.9. The first-order valence-corrected chi connectivity index (χ1v) is 5.85. The second kappa shape index (κ2) is 6.20. The highest BCUT2D eigenvalue weighted by Gasteiger charge is 2.12. The Kier molecular flexibility index (Phi) is 4.91.